The van der Waals surface area contributed by atoms with Crippen molar-refractivity contribution in [3.63, 3.8) is 0 Å². The standard InChI is InChI=1S/C34H40O7/c1-18-21(20-11-12-37-16-20)13-22-27(18)34(4)23(14-26(35)36-5)33(3)25-15-24(40-31(41-25)19-9-7-6-8-10-19)32(2)17-38-28(29(32)33)30(34)39-22/h6-12,16,21-25,28-31H,13-15,17H2,1-5H3/t21-,22-,23-,24-,25+,28-,29+,30-,31?,32-,33+,34-/m1/s1. The highest BCUT2D eigenvalue weighted by molar-refractivity contribution is 5.70. The Bertz CT molecular complexity index is 1380. The van der Waals surface area contributed by atoms with E-state index in [1.54, 1.807) is 6.26 Å². The van der Waals surface area contributed by atoms with Crippen molar-refractivity contribution in [2.75, 3.05) is 13.7 Å². The Morgan fingerprint density at radius 2 is 1.78 bits per heavy atom. The number of benzene rings is 1. The molecule has 3 aliphatic carbocycles. The number of allylic oxidation sites excluding steroid dienone is 1. The van der Waals surface area contributed by atoms with Gasteiger partial charge in [0.25, 0.3) is 0 Å². The summed E-state index contributed by atoms with van der Waals surface area (Å²) < 4.78 is 38.4. The summed E-state index contributed by atoms with van der Waals surface area (Å²) in [4.78, 5) is 13.3. The molecule has 2 bridgehead atoms. The van der Waals surface area contributed by atoms with Crippen LogP contribution in [0.5, 0.6) is 0 Å². The number of furan rings is 1. The van der Waals surface area contributed by atoms with E-state index in [-0.39, 0.29) is 65.1 Å². The molecule has 3 aliphatic heterocycles. The number of ether oxygens (including phenoxy) is 5. The molecule has 6 aliphatic rings. The Morgan fingerprint density at radius 1 is 1.00 bits per heavy atom. The molecule has 1 aromatic heterocycles. The quantitative estimate of drug-likeness (QED) is 0.337. The number of methoxy groups -OCH3 is 1. The molecule has 218 valence electrons. The number of esters is 1. The Kier molecular flexibility index (Phi) is 5.62. The van der Waals surface area contributed by atoms with Gasteiger partial charge < -0.3 is 28.1 Å². The highest BCUT2D eigenvalue weighted by Gasteiger charge is 2.78. The predicted molar refractivity (Wildman–Crippen MR) is 149 cm³/mol. The third-order valence-electron chi connectivity index (χ3n) is 12.3. The normalized spacial score (nSPS) is 47.6. The van der Waals surface area contributed by atoms with Crippen molar-refractivity contribution in [2.45, 2.75) is 89.7 Å². The zero-order valence-electron chi connectivity index (χ0n) is 24.5. The van der Waals surface area contributed by atoms with Gasteiger partial charge in [0.1, 0.15) is 0 Å². The molecule has 0 spiro atoms. The summed E-state index contributed by atoms with van der Waals surface area (Å²) in [6, 6.07) is 12.3. The van der Waals surface area contributed by atoms with Crippen molar-refractivity contribution in [1.29, 1.82) is 0 Å². The van der Waals surface area contributed by atoms with Crippen LogP contribution in [-0.2, 0) is 28.5 Å². The lowest BCUT2D eigenvalue weighted by atomic mass is 9.39. The fourth-order valence-corrected chi connectivity index (χ4v) is 10.6. The first-order valence-corrected chi connectivity index (χ1v) is 15.1. The van der Waals surface area contributed by atoms with Crippen LogP contribution in [-0.4, -0.2) is 50.2 Å². The van der Waals surface area contributed by atoms with Crippen molar-refractivity contribution in [3.8, 4) is 0 Å². The summed E-state index contributed by atoms with van der Waals surface area (Å²) in [5.74, 6) is 0.110. The predicted octanol–water partition coefficient (Wildman–Crippen LogP) is 5.96. The largest absolute Gasteiger partial charge is 0.472 e. The molecule has 2 saturated carbocycles. The van der Waals surface area contributed by atoms with E-state index in [9.17, 15) is 4.79 Å². The van der Waals surface area contributed by atoms with E-state index >= 15 is 0 Å². The summed E-state index contributed by atoms with van der Waals surface area (Å²) in [7, 11) is 1.50. The summed E-state index contributed by atoms with van der Waals surface area (Å²) >= 11 is 0. The van der Waals surface area contributed by atoms with Gasteiger partial charge in [-0.3, -0.25) is 4.79 Å². The minimum Gasteiger partial charge on any atom is -0.472 e. The van der Waals surface area contributed by atoms with E-state index in [1.165, 1.54) is 23.8 Å². The Labute approximate surface area is 241 Å². The van der Waals surface area contributed by atoms with E-state index < -0.39 is 11.7 Å². The number of hydrogen-bond acceptors (Lipinski definition) is 7. The van der Waals surface area contributed by atoms with Gasteiger partial charge in [-0.25, -0.2) is 0 Å². The van der Waals surface area contributed by atoms with E-state index in [4.69, 9.17) is 28.1 Å². The molecule has 2 aromatic rings. The molecule has 41 heavy (non-hydrogen) atoms. The molecule has 0 N–H and O–H groups in total. The van der Waals surface area contributed by atoms with E-state index in [1.807, 2.05) is 24.5 Å². The monoisotopic (exact) mass is 560 g/mol. The Hall–Kier alpha value is -2.45. The molecule has 8 rings (SSSR count). The number of hydrogen-bond donors (Lipinski definition) is 0. The number of carbonyl (C=O) groups excluding carboxylic acids is 1. The summed E-state index contributed by atoms with van der Waals surface area (Å²) in [6.45, 7) is 9.89. The first-order chi connectivity index (χ1) is 19.7. The maximum atomic E-state index is 13.3. The van der Waals surface area contributed by atoms with Crippen LogP contribution >= 0.6 is 0 Å². The number of carbonyl (C=O) groups is 1. The second-order valence-corrected chi connectivity index (χ2v) is 14.0. The van der Waals surface area contributed by atoms with Gasteiger partial charge >= 0.3 is 5.97 Å². The molecule has 1 unspecified atom stereocenters. The van der Waals surface area contributed by atoms with Crippen LogP contribution in [0.15, 0.2) is 64.5 Å². The molecule has 0 amide bonds. The highest BCUT2D eigenvalue weighted by atomic mass is 16.7. The zero-order valence-corrected chi connectivity index (χ0v) is 24.5. The fourth-order valence-electron chi connectivity index (χ4n) is 10.6. The van der Waals surface area contributed by atoms with Gasteiger partial charge in [0.15, 0.2) is 6.29 Å². The lowest BCUT2D eigenvalue weighted by Crippen LogP contribution is -2.72. The number of fused-ring (bicyclic) bond motifs is 8. The third-order valence-corrected chi connectivity index (χ3v) is 12.3. The average Bonchev–Trinajstić information content (AvgIpc) is 3.76. The third kappa shape index (κ3) is 3.27. The van der Waals surface area contributed by atoms with E-state index in [0.717, 1.165) is 18.4 Å². The van der Waals surface area contributed by atoms with Crippen LogP contribution in [0, 0.1) is 28.1 Å². The molecular weight excluding hydrogens is 520 g/mol. The molecule has 0 radical (unpaired) electrons. The topological polar surface area (TPSA) is 76.4 Å². The smallest absolute Gasteiger partial charge is 0.305 e. The number of rotatable bonds is 4. The maximum absolute atomic E-state index is 13.3. The van der Waals surface area contributed by atoms with E-state index in [2.05, 4.69) is 45.9 Å². The Balaban J connectivity index is 1.29. The van der Waals surface area contributed by atoms with Crippen LogP contribution in [0.25, 0.3) is 0 Å². The van der Waals surface area contributed by atoms with Crippen LogP contribution in [0.2, 0.25) is 0 Å². The molecule has 12 atom stereocenters. The summed E-state index contributed by atoms with van der Waals surface area (Å²) in [6.07, 6.45) is 4.73. The Morgan fingerprint density at radius 3 is 2.51 bits per heavy atom. The summed E-state index contributed by atoms with van der Waals surface area (Å²) in [5.41, 5.74) is 3.86. The minimum absolute atomic E-state index is 0.00927. The van der Waals surface area contributed by atoms with Crippen molar-refractivity contribution < 1.29 is 32.9 Å². The molecular formula is C34H40O7. The van der Waals surface area contributed by atoms with Gasteiger partial charge in [0.05, 0.1) is 56.8 Å². The lowest BCUT2D eigenvalue weighted by molar-refractivity contribution is -0.352. The van der Waals surface area contributed by atoms with Crippen LogP contribution < -0.4 is 0 Å². The first kappa shape index (κ1) is 26.2. The van der Waals surface area contributed by atoms with Crippen molar-refractivity contribution >= 4 is 5.97 Å². The lowest BCUT2D eigenvalue weighted by Gasteiger charge is -2.67. The molecule has 7 heteroatoms. The van der Waals surface area contributed by atoms with Crippen molar-refractivity contribution in [1.82, 2.24) is 0 Å². The van der Waals surface area contributed by atoms with Crippen LogP contribution in [0.1, 0.15) is 70.3 Å². The minimum atomic E-state index is -0.455. The second kappa shape index (κ2) is 8.79. The van der Waals surface area contributed by atoms with Gasteiger partial charge in [0.2, 0.25) is 0 Å². The first-order valence-electron chi connectivity index (χ1n) is 15.1. The van der Waals surface area contributed by atoms with E-state index in [0.29, 0.717) is 13.0 Å². The van der Waals surface area contributed by atoms with Crippen molar-refractivity contribution in [2.24, 2.45) is 28.1 Å². The SMILES string of the molecule is COC(=O)C[C@H]1[C@]2(C)C3=C(C)[C@H](c4ccoc4)C[C@H]3O[C@@H]2[C@@H]2OC[C@]3(C)[C@H]4C[C@H](OC(c5ccccc5)O4)[C@@]1(C)[C@@H]23. The molecule has 3 saturated heterocycles. The van der Waals surface area contributed by atoms with Crippen LogP contribution in [0.3, 0.4) is 0 Å². The molecule has 1 aromatic carbocycles. The molecule has 4 heterocycles. The van der Waals surface area contributed by atoms with Crippen LogP contribution in [0.4, 0.5) is 0 Å². The summed E-state index contributed by atoms with van der Waals surface area (Å²) in [5, 5.41) is 0. The van der Waals surface area contributed by atoms with Gasteiger partial charge in [-0.05, 0) is 36.5 Å². The highest BCUT2D eigenvalue weighted by Crippen LogP contribution is 2.75. The van der Waals surface area contributed by atoms with Gasteiger partial charge in [-0.15, -0.1) is 0 Å². The maximum Gasteiger partial charge on any atom is 0.305 e. The fraction of sp³-hybridized carbons (Fsp3) is 0.618. The zero-order chi connectivity index (χ0) is 28.3. The average molecular weight is 561 g/mol. The second-order valence-electron chi connectivity index (χ2n) is 14.0. The molecule has 7 nitrogen and oxygen atoms in total. The van der Waals surface area contributed by atoms with Gasteiger partial charge in [0, 0.05) is 46.5 Å². The van der Waals surface area contributed by atoms with Crippen molar-refractivity contribution in [3.05, 3.63) is 71.2 Å². The van der Waals surface area contributed by atoms with Gasteiger partial charge in [-0.1, -0.05) is 56.7 Å². The molecule has 5 fully saturated rings. The van der Waals surface area contributed by atoms with Gasteiger partial charge in [-0.2, -0.15) is 0 Å².